The Bertz CT molecular complexity index is 1300. The quantitative estimate of drug-likeness (QED) is 0.303. The molecule has 0 bridgehead atoms. The van der Waals surface area contributed by atoms with E-state index in [1.807, 2.05) is 55.6 Å². The van der Waals surface area contributed by atoms with E-state index in [9.17, 15) is 4.79 Å². The highest BCUT2D eigenvalue weighted by atomic mass is 28.4. The molecule has 4 rings (SSSR count). The summed E-state index contributed by atoms with van der Waals surface area (Å²) in [5.41, 5.74) is 9.13. The normalized spacial score (nSPS) is 12.0. The summed E-state index contributed by atoms with van der Waals surface area (Å²) in [5, 5.41) is 2.37. The largest absolute Gasteiger partial charge is 0.407 e. The van der Waals surface area contributed by atoms with E-state index in [1.165, 1.54) is 10.4 Å². The van der Waals surface area contributed by atoms with Gasteiger partial charge < -0.3 is 10.2 Å². The first-order valence-corrected chi connectivity index (χ1v) is 14.0. The highest BCUT2D eigenvalue weighted by Gasteiger charge is 2.49. The van der Waals surface area contributed by atoms with Crippen molar-refractivity contribution in [3.63, 3.8) is 0 Å². The van der Waals surface area contributed by atoms with Gasteiger partial charge >= 0.3 is 0 Å². The molecule has 2 N–H and O–H groups in total. The van der Waals surface area contributed by atoms with Gasteiger partial charge in [0, 0.05) is 24.1 Å². The van der Waals surface area contributed by atoms with Gasteiger partial charge in [0.2, 0.25) is 0 Å². The molecule has 0 saturated heterocycles. The Morgan fingerprint density at radius 2 is 1.46 bits per heavy atom. The first-order chi connectivity index (χ1) is 16.7. The van der Waals surface area contributed by atoms with Crippen molar-refractivity contribution < 1.29 is 4.43 Å². The lowest BCUT2D eigenvalue weighted by molar-refractivity contribution is 0.301. The molecule has 0 saturated carbocycles. The third-order valence-corrected chi connectivity index (χ3v) is 11.7. The van der Waals surface area contributed by atoms with Crippen molar-refractivity contribution in [2.75, 3.05) is 12.3 Å². The van der Waals surface area contributed by atoms with E-state index in [0.29, 0.717) is 18.7 Å². The zero-order valence-electron chi connectivity index (χ0n) is 21.0. The number of hydrogen-bond donors (Lipinski definition) is 1. The standard InChI is InChI=1S/C30H34N2O2Si/c1-23-22-25(31)17-18-28(23)32-20-11-12-24(29(32)33)19-21-34-35(30(2,3)4,26-13-7-5-8-14-26)27-15-9-6-10-16-27/h5-18,20,22H,19,21,31H2,1-4H3. The average Bonchev–Trinajstić information content (AvgIpc) is 2.84. The summed E-state index contributed by atoms with van der Waals surface area (Å²) >= 11 is 0. The van der Waals surface area contributed by atoms with Crippen molar-refractivity contribution in [1.82, 2.24) is 4.57 Å². The van der Waals surface area contributed by atoms with Crippen LogP contribution < -0.4 is 21.7 Å². The SMILES string of the molecule is Cc1cc(N)ccc1-n1cccc(CCO[Si](c2ccccc2)(c2ccccc2)C(C)(C)C)c1=O. The maximum Gasteiger partial charge on any atom is 0.261 e. The molecule has 3 aromatic carbocycles. The Morgan fingerprint density at radius 3 is 2.00 bits per heavy atom. The summed E-state index contributed by atoms with van der Waals surface area (Å²) in [4.78, 5) is 13.4. The van der Waals surface area contributed by atoms with E-state index in [4.69, 9.17) is 10.2 Å². The highest BCUT2D eigenvalue weighted by molar-refractivity contribution is 6.99. The van der Waals surface area contributed by atoms with Crippen molar-refractivity contribution in [1.29, 1.82) is 0 Å². The monoisotopic (exact) mass is 482 g/mol. The fraction of sp³-hybridized carbons (Fsp3) is 0.233. The summed E-state index contributed by atoms with van der Waals surface area (Å²) < 4.78 is 8.69. The molecular formula is C30H34N2O2Si. The molecule has 0 aliphatic rings. The van der Waals surface area contributed by atoms with Gasteiger partial charge in [-0.25, -0.2) is 0 Å². The molecule has 0 atom stereocenters. The van der Waals surface area contributed by atoms with E-state index in [1.54, 1.807) is 4.57 Å². The van der Waals surface area contributed by atoms with Gasteiger partial charge in [0.05, 0.1) is 5.69 Å². The van der Waals surface area contributed by atoms with Crippen molar-refractivity contribution in [2.24, 2.45) is 0 Å². The lowest BCUT2D eigenvalue weighted by atomic mass is 10.1. The summed E-state index contributed by atoms with van der Waals surface area (Å²) in [7, 11) is -2.64. The van der Waals surface area contributed by atoms with Gasteiger partial charge in [-0.2, -0.15) is 0 Å². The number of aromatic nitrogens is 1. The van der Waals surface area contributed by atoms with E-state index in [2.05, 4.69) is 69.3 Å². The molecule has 0 unspecified atom stereocenters. The van der Waals surface area contributed by atoms with E-state index < -0.39 is 8.32 Å². The molecule has 180 valence electrons. The first-order valence-electron chi connectivity index (χ1n) is 12.1. The predicted octanol–water partition coefficient (Wildman–Crippen LogP) is 4.85. The second kappa shape index (κ2) is 10.1. The second-order valence-electron chi connectivity index (χ2n) is 10.0. The highest BCUT2D eigenvalue weighted by Crippen LogP contribution is 2.36. The van der Waals surface area contributed by atoms with Crippen LogP contribution in [0.4, 0.5) is 5.69 Å². The number of nitrogens with two attached hydrogens (primary N) is 1. The van der Waals surface area contributed by atoms with Crippen LogP contribution in [0.2, 0.25) is 5.04 Å². The van der Waals surface area contributed by atoms with Crippen molar-refractivity contribution in [3.8, 4) is 5.69 Å². The van der Waals surface area contributed by atoms with E-state index >= 15 is 0 Å². The molecular weight excluding hydrogens is 448 g/mol. The molecule has 1 heterocycles. The average molecular weight is 483 g/mol. The molecule has 0 radical (unpaired) electrons. The van der Waals surface area contributed by atoms with Gasteiger partial charge in [-0.05, 0) is 58.6 Å². The Kier molecular flexibility index (Phi) is 7.10. The molecule has 1 aromatic heterocycles. The van der Waals surface area contributed by atoms with Crippen LogP contribution in [0.5, 0.6) is 0 Å². The maximum atomic E-state index is 13.4. The first kappa shape index (κ1) is 24.7. The third-order valence-electron chi connectivity index (χ3n) is 6.61. The molecule has 4 aromatic rings. The lowest BCUT2D eigenvalue weighted by Gasteiger charge is -2.43. The molecule has 0 spiro atoms. The zero-order chi connectivity index (χ0) is 25.1. The Hall–Kier alpha value is -3.41. The van der Waals surface area contributed by atoms with Gasteiger partial charge in [-0.3, -0.25) is 9.36 Å². The van der Waals surface area contributed by atoms with Crippen molar-refractivity contribution in [3.05, 3.63) is 119 Å². The van der Waals surface area contributed by atoms with Gasteiger partial charge in [0.15, 0.2) is 0 Å². The van der Waals surface area contributed by atoms with Crippen molar-refractivity contribution >= 4 is 24.4 Å². The number of rotatable bonds is 7. The zero-order valence-corrected chi connectivity index (χ0v) is 22.0. The van der Waals surface area contributed by atoms with E-state index in [0.717, 1.165) is 16.8 Å². The third kappa shape index (κ3) is 4.88. The summed E-state index contributed by atoms with van der Waals surface area (Å²) in [6.45, 7) is 9.22. The Morgan fingerprint density at radius 1 is 0.857 bits per heavy atom. The minimum atomic E-state index is -2.64. The maximum absolute atomic E-state index is 13.4. The topological polar surface area (TPSA) is 57.2 Å². The number of nitrogen functional groups attached to an aromatic ring is 1. The van der Waals surface area contributed by atoms with Crippen LogP contribution >= 0.6 is 0 Å². The van der Waals surface area contributed by atoms with E-state index in [-0.39, 0.29) is 10.6 Å². The van der Waals surface area contributed by atoms with Crippen molar-refractivity contribution in [2.45, 2.75) is 39.2 Å². The van der Waals surface area contributed by atoms with Gasteiger partial charge in [0.1, 0.15) is 0 Å². The summed E-state index contributed by atoms with van der Waals surface area (Å²) in [5.74, 6) is 0. The molecule has 5 heteroatoms. The van der Waals surface area contributed by atoms with Crippen LogP contribution in [0.15, 0.2) is 102 Å². The number of pyridine rings is 1. The lowest BCUT2D eigenvalue weighted by Crippen LogP contribution is -2.66. The number of aryl methyl sites for hydroxylation is 1. The smallest absolute Gasteiger partial charge is 0.261 e. The van der Waals surface area contributed by atoms with Crippen LogP contribution in [0.1, 0.15) is 31.9 Å². The molecule has 0 fully saturated rings. The fourth-order valence-corrected chi connectivity index (χ4v) is 9.51. The molecule has 0 aliphatic carbocycles. The number of benzene rings is 3. The Labute approximate surface area is 209 Å². The molecule has 35 heavy (non-hydrogen) atoms. The van der Waals surface area contributed by atoms with Crippen LogP contribution in [0, 0.1) is 6.92 Å². The van der Waals surface area contributed by atoms with Crippen LogP contribution in [0.25, 0.3) is 5.69 Å². The Balaban J connectivity index is 1.68. The van der Waals surface area contributed by atoms with Crippen LogP contribution in [-0.2, 0) is 10.8 Å². The fourth-order valence-electron chi connectivity index (χ4n) is 4.94. The summed E-state index contributed by atoms with van der Waals surface area (Å²) in [6, 6.07) is 30.6. The minimum Gasteiger partial charge on any atom is -0.407 e. The van der Waals surface area contributed by atoms with Gasteiger partial charge in [-0.15, -0.1) is 0 Å². The molecule has 0 amide bonds. The van der Waals surface area contributed by atoms with Gasteiger partial charge in [-0.1, -0.05) is 87.5 Å². The number of hydrogen-bond acceptors (Lipinski definition) is 3. The number of nitrogens with zero attached hydrogens (tertiary/aromatic N) is 1. The molecule has 0 aliphatic heterocycles. The van der Waals surface area contributed by atoms with Crippen LogP contribution in [-0.4, -0.2) is 19.5 Å². The molecule has 4 nitrogen and oxygen atoms in total. The minimum absolute atomic E-state index is 0.0218. The van der Waals surface area contributed by atoms with Gasteiger partial charge in [0.25, 0.3) is 13.9 Å². The number of anilines is 1. The second-order valence-corrected chi connectivity index (χ2v) is 14.3. The summed E-state index contributed by atoms with van der Waals surface area (Å²) in [6.07, 6.45) is 2.35. The van der Waals surface area contributed by atoms with Crippen LogP contribution in [0.3, 0.4) is 0 Å². The predicted molar refractivity (Wildman–Crippen MR) is 148 cm³/mol.